The summed E-state index contributed by atoms with van der Waals surface area (Å²) in [4.78, 5) is 13.5. The smallest absolute Gasteiger partial charge is 0.306 e. The van der Waals surface area contributed by atoms with Crippen LogP contribution in [0.2, 0.25) is 0 Å². The lowest BCUT2D eigenvalue weighted by molar-refractivity contribution is -0.141. The highest BCUT2D eigenvalue weighted by Gasteiger charge is 2.12. The maximum atomic E-state index is 11.3. The average Bonchev–Trinajstić information content (AvgIpc) is 2.49. The van der Waals surface area contributed by atoms with Crippen LogP contribution in [0.1, 0.15) is 17.5 Å². The van der Waals surface area contributed by atoms with Gasteiger partial charge >= 0.3 is 5.97 Å². The molecule has 0 saturated carbocycles. The minimum atomic E-state index is -0.200. The van der Waals surface area contributed by atoms with Crippen molar-refractivity contribution in [2.24, 2.45) is 0 Å². The summed E-state index contributed by atoms with van der Waals surface area (Å²) in [6, 6.07) is 6.10. The van der Waals surface area contributed by atoms with Crippen molar-refractivity contribution >= 4 is 5.97 Å². The molecule has 0 fully saturated rings. The fourth-order valence-corrected chi connectivity index (χ4v) is 2.11. The van der Waals surface area contributed by atoms with E-state index in [1.54, 1.807) is 14.2 Å². The second-order valence-corrected chi connectivity index (χ2v) is 4.91. The molecule has 0 aliphatic heterocycles. The van der Waals surface area contributed by atoms with Gasteiger partial charge in [-0.3, -0.25) is 9.69 Å². The molecule has 1 aromatic carbocycles. The Morgan fingerprint density at radius 1 is 1.19 bits per heavy atom. The highest BCUT2D eigenvalue weighted by molar-refractivity contribution is 5.69. The van der Waals surface area contributed by atoms with E-state index in [0.29, 0.717) is 26.1 Å². The number of methoxy groups -OCH3 is 3. The van der Waals surface area contributed by atoms with Crippen molar-refractivity contribution in [2.45, 2.75) is 19.9 Å². The zero-order valence-corrected chi connectivity index (χ0v) is 13.3. The summed E-state index contributed by atoms with van der Waals surface area (Å²) in [7, 11) is 4.75. The zero-order valence-electron chi connectivity index (χ0n) is 13.3. The summed E-state index contributed by atoms with van der Waals surface area (Å²) < 4.78 is 15.2. The van der Waals surface area contributed by atoms with Gasteiger partial charge in [-0.2, -0.15) is 0 Å². The van der Waals surface area contributed by atoms with E-state index in [-0.39, 0.29) is 5.97 Å². The van der Waals surface area contributed by atoms with Crippen molar-refractivity contribution in [1.82, 2.24) is 4.90 Å². The number of benzene rings is 1. The standard InChI is InChI=1S/C16H25NO4/c1-13-5-6-15(20-3)14(11-13)12-17(9-10-19-2)8-7-16(18)21-4/h5-6,11H,7-10,12H2,1-4H3. The number of aryl methyl sites for hydroxylation is 1. The van der Waals surface area contributed by atoms with Crippen molar-refractivity contribution in [3.05, 3.63) is 29.3 Å². The predicted octanol–water partition coefficient (Wildman–Crippen LogP) is 2.02. The molecule has 0 heterocycles. The Morgan fingerprint density at radius 3 is 2.57 bits per heavy atom. The second kappa shape index (κ2) is 9.37. The van der Waals surface area contributed by atoms with Gasteiger partial charge in [-0.15, -0.1) is 0 Å². The average molecular weight is 295 g/mol. The van der Waals surface area contributed by atoms with E-state index in [4.69, 9.17) is 14.2 Å². The Balaban J connectivity index is 2.74. The summed E-state index contributed by atoms with van der Waals surface area (Å²) in [6.45, 7) is 4.77. The highest BCUT2D eigenvalue weighted by atomic mass is 16.5. The molecule has 0 radical (unpaired) electrons. The van der Waals surface area contributed by atoms with Crippen LogP contribution < -0.4 is 4.74 Å². The van der Waals surface area contributed by atoms with E-state index in [1.807, 2.05) is 12.1 Å². The van der Waals surface area contributed by atoms with Crippen molar-refractivity contribution in [1.29, 1.82) is 0 Å². The number of esters is 1. The van der Waals surface area contributed by atoms with E-state index in [9.17, 15) is 4.79 Å². The molecule has 0 saturated heterocycles. The first-order valence-electron chi connectivity index (χ1n) is 7.02. The number of hydrogen-bond acceptors (Lipinski definition) is 5. The van der Waals surface area contributed by atoms with Crippen LogP contribution in [0.5, 0.6) is 5.75 Å². The van der Waals surface area contributed by atoms with E-state index >= 15 is 0 Å². The molecule has 0 unspecified atom stereocenters. The minimum absolute atomic E-state index is 0.200. The molecule has 5 heteroatoms. The summed E-state index contributed by atoms with van der Waals surface area (Å²) in [5.74, 6) is 0.662. The third kappa shape index (κ3) is 6.14. The SMILES string of the molecule is COCCN(CCC(=O)OC)Cc1cc(C)ccc1OC. The van der Waals surface area contributed by atoms with Gasteiger partial charge in [0.25, 0.3) is 0 Å². The number of rotatable bonds is 9. The molecule has 21 heavy (non-hydrogen) atoms. The Kier molecular flexibility index (Phi) is 7.79. The van der Waals surface area contributed by atoms with Crippen LogP contribution in [0.3, 0.4) is 0 Å². The molecule has 1 aromatic rings. The molecule has 118 valence electrons. The fraction of sp³-hybridized carbons (Fsp3) is 0.562. The van der Waals surface area contributed by atoms with E-state index in [0.717, 1.165) is 17.9 Å². The second-order valence-electron chi connectivity index (χ2n) is 4.91. The Bertz CT molecular complexity index is 448. The van der Waals surface area contributed by atoms with Crippen LogP contribution in [0.15, 0.2) is 18.2 Å². The van der Waals surface area contributed by atoms with Gasteiger partial charge in [0.15, 0.2) is 0 Å². The lowest BCUT2D eigenvalue weighted by Crippen LogP contribution is -2.29. The zero-order chi connectivity index (χ0) is 15.7. The van der Waals surface area contributed by atoms with Crippen LogP contribution in [-0.2, 0) is 20.8 Å². The summed E-state index contributed by atoms with van der Waals surface area (Å²) in [6.07, 6.45) is 0.369. The molecule has 0 aromatic heterocycles. The molecule has 5 nitrogen and oxygen atoms in total. The molecule has 0 amide bonds. The largest absolute Gasteiger partial charge is 0.496 e. The summed E-state index contributed by atoms with van der Waals surface area (Å²) >= 11 is 0. The first-order valence-corrected chi connectivity index (χ1v) is 7.02. The molecular formula is C16H25NO4. The fourth-order valence-electron chi connectivity index (χ4n) is 2.11. The third-order valence-corrected chi connectivity index (χ3v) is 3.30. The van der Waals surface area contributed by atoms with Crippen molar-refractivity contribution in [3.63, 3.8) is 0 Å². The molecule has 0 aliphatic carbocycles. The van der Waals surface area contributed by atoms with E-state index in [1.165, 1.54) is 12.7 Å². The molecular weight excluding hydrogens is 270 g/mol. The first kappa shape index (κ1) is 17.5. The van der Waals surface area contributed by atoms with Gasteiger partial charge in [0.2, 0.25) is 0 Å². The monoisotopic (exact) mass is 295 g/mol. The molecule has 0 aliphatic rings. The first-order chi connectivity index (χ1) is 10.1. The maximum absolute atomic E-state index is 11.3. The third-order valence-electron chi connectivity index (χ3n) is 3.30. The number of carbonyl (C=O) groups is 1. The highest BCUT2D eigenvalue weighted by Crippen LogP contribution is 2.21. The molecule has 1 rings (SSSR count). The van der Waals surface area contributed by atoms with Gasteiger partial charge in [-0.1, -0.05) is 17.7 Å². The maximum Gasteiger partial charge on any atom is 0.306 e. The Labute approximate surface area is 126 Å². The van der Waals surface area contributed by atoms with Crippen molar-refractivity contribution in [3.8, 4) is 5.75 Å². The minimum Gasteiger partial charge on any atom is -0.496 e. The molecule has 0 atom stereocenters. The van der Waals surface area contributed by atoms with Gasteiger partial charge < -0.3 is 14.2 Å². The Morgan fingerprint density at radius 2 is 1.95 bits per heavy atom. The molecule has 0 spiro atoms. The normalized spacial score (nSPS) is 10.7. The number of carbonyl (C=O) groups excluding carboxylic acids is 1. The van der Waals surface area contributed by atoms with Crippen LogP contribution in [0, 0.1) is 6.92 Å². The van der Waals surface area contributed by atoms with Gasteiger partial charge in [0.1, 0.15) is 5.75 Å². The van der Waals surface area contributed by atoms with Gasteiger partial charge in [0.05, 0.1) is 27.2 Å². The predicted molar refractivity (Wildman–Crippen MR) is 81.5 cm³/mol. The molecule has 0 N–H and O–H groups in total. The lowest BCUT2D eigenvalue weighted by atomic mass is 10.1. The summed E-state index contributed by atoms with van der Waals surface area (Å²) in [5, 5.41) is 0. The van der Waals surface area contributed by atoms with E-state index in [2.05, 4.69) is 17.9 Å². The van der Waals surface area contributed by atoms with Crippen molar-refractivity contribution in [2.75, 3.05) is 41.0 Å². The Hall–Kier alpha value is -1.59. The van der Waals surface area contributed by atoms with Gasteiger partial charge in [-0.25, -0.2) is 0 Å². The van der Waals surface area contributed by atoms with Crippen molar-refractivity contribution < 1.29 is 19.0 Å². The van der Waals surface area contributed by atoms with E-state index < -0.39 is 0 Å². The van der Waals surface area contributed by atoms with Gasteiger partial charge in [0, 0.05) is 32.3 Å². The number of nitrogens with zero attached hydrogens (tertiary/aromatic N) is 1. The van der Waals surface area contributed by atoms with Crippen LogP contribution in [-0.4, -0.2) is 51.9 Å². The van der Waals surface area contributed by atoms with Crippen LogP contribution >= 0.6 is 0 Å². The quantitative estimate of drug-likeness (QED) is 0.652. The van der Waals surface area contributed by atoms with Crippen LogP contribution in [0.4, 0.5) is 0 Å². The number of hydrogen-bond donors (Lipinski definition) is 0. The lowest BCUT2D eigenvalue weighted by Gasteiger charge is -2.22. The summed E-state index contributed by atoms with van der Waals surface area (Å²) in [5.41, 5.74) is 2.30. The topological polar surface area (TPSA) is 48.0 Å². The van der Waals surface area contributed by atoms with Crippen LogP contribution in [0.25, 0.3) is 0 Å². The number of ether oxygens (including phenoxy) is 3. The van der Waals surface area contributed by atoms with Gasteiger partial charge in [-0.05, 0) is 13.0 Å². The molecule has 0 bridgehead atoms.